The van der Waals surface area contributed by atoms with Crippen LogP contribution in [0.25, 0.3) is 0 Å². The van der Waals surface area contributed by atoms with Crippen LogP contribution in [0, 0.1) is 13.8 Å². The van der Waals surface area contributed by atoms with Crippen LogP contribution < -0.4 is 10.2 Å². The fourth-order valence-electron chi connectivity index (χ4n) is 1.83. The van der Waals surface area contributed by atoms with Crippen LogP contribution in [-0.2, 0) is 4.79 Å². The van der Waals surface area contributed by atoms with Crippen molar-refractivity contribution >= 4 is 12.1 Å². The normalized spacial score (nSPS) is 10.6. The minimum absolute atomic E-state index is 0.0733. The first kappa shape index (κ1) is 14.7. The van der Waals surface area contributed by atoms with Gasteiger partial charge in [-0.05, 0) is 31.0 Å². The van der Waals surface area contributed by atoms with E-state index in [4.69, 9.17) is 4.74 Å². The molecule has 5 nitrogen and oxygen atoms in total. The molecule has 1 N–H and O–H groups in total. The fourth-order valence-corrected chi connectivity index (χ4v) is 1.83. The number of nitrogens with one attached hydrogen (secondary N) is 1. The number of carbonyl (C=O) groups excluding carboxylic acids is 1. The Morgan fingerprint density at radius 1 is 1.29 bits per heavy atom. The number of hydrogen-bond donors (Lipinski definition) is 1. The maximum atomic E-state index is 11.7. The second-order valence-electron chi connectivity index (χ2n) is 4.59. The van der Waals surface area contributed by atoms with Gasteiger partial charge < -0.3 is 4.74 Å². The Kier molecular flexibility index (Phi) is 5.04. The highest BCUT2D eigenvalue weighted by Crippen LogP contribution is 2.21. The minimum Gasteiger partial charge on any atom is -0.483 e. The SMILES string of the molecule is Cc1cccc(C)c1OCC(=O)N/N=C\c1cccnc1. The number of aromatic nitrogens is 1. The fraction of sp³-hybridized carbons (Fsp3) is 0.188. The smallest absolute Gasteiger partial charge is 0.277 e. The molecule has 0 atom stereocenters. The highest BCUT2D eigenvalue weighted by atomic mass is 16.5. The first-order valence-electron chi connectivity index (χ1n) is 6.58. The van der Waals surface area contributed by atoms with Gasteiger partial charge in [-0.15, -0.1) is 0 Å². The lowest BCUT2D eigenvalue weighted by molar-refractivity contribution is -0.123. The molecule has 1 amide bonds. The first-order chi connectivity index (χ1) is 10.2. The van der Waals surface area contributed by atoms with Gasteiger partial charge in [-0.2, -0.15) is 5.10 Å². The minimum atomic E-state index is -0.308. The second kappa shape index (κ2) is 7.19. The number of benzene rings is 1. The number of hydrazone groups is 1. The van der Waals surface area contributed by atoms with Gasteiger partial charge in [-0.25, -0.2) is 5.43 Å². The number of hydrogen-bond acceptors (Lipinski definition) is 4. The van der Waals surface area contributed by atoms with Gasteiger partial charge in [0.1, 0.15) is 5.75 Å². The number of ether oxygens (including phenoxy) is 1. The molecule has 0 saturated heterocycles. The van der Waals surface area contributed by atoms with E-state index in [1.54, 1.807) is 18.5 Å². The third kappa shape index (κ3) is 4.42. The van der Waals surface area contributed by atoms with E-state index in [-0.39, 0.29) is 12.5 Å². The molecule has 0 saturated carbocycles. The van der Waals surface area contributed by atoms with Crippen LogP contribution in [0.2, 0.25) is 0 Å². The van der Waals surface area contributed by atoms with E-state index in [2.05, 4.69) is 15.5 Å². The maximum absolute atomic E-state index is 11.7. The van der Waals surface area contributed by atoms with Gasteiger partial charge in [-0.1, -0.05) is 24.3 Å². The largest absolute Gasteiger partial charge is 0.483 e. The van der Waals surface area contributed by atoms with E-state index < -0.39 is 0 Å². The summed E-state index contributed by atoms with van der Waals surface area (Å²) < 4.78 is 5.53. The molecule has 5 heteroatoms. The summed E-state index contributed by atoms with van der Waals surface area (Å²) in [6.07, 6.45) is 4.86. The van der Waals surface area contributed by atoms with Gasteiger partial charge in [0.25, 0.3) is 5.91 Å². The van der Waals surface area contributed by atoms with Crippen LogP contribution in [0.1, 0.15) is 16.7 Å². The van der Waals surface area contributed by atoms with E-state index in [0.717, 1.165) is 22.4 Å². The van der Waals surface area contributed by atoms with E-state index in [9.17, 15) is 4.79 Å². The van der Waals surface area contributed by atoms with Gasteiger partial charge in [-0.3, -0.25) is 9.78 Å². The average molecular weight is 283 g/mol. The number of amides is 1. The van der Waals surface area contributed by atoms with Crippen molar-refractivity contribution in [3.8, 4) is 5.75 Å². The Hall–Kier alpha value is -2.69. The zero-order chi connectivity index (χ0) is 15.1. The van der Waals surface area contributed by atoms with Gasteiger partial charge >= 0.3 is 0 Å². The first-order valence-corrected chi connectivity index (χ1v) is 6.58. The molecule has 0 bridgehead atoms. The Bertz CT molecular complexity index is 619. The van der Waals surface area contributed by atoms with E-state index >= 15 is 0 Å². The molecule has 108 valence electrons. The molecule has 0 aliphatic rings. The third-order valence-corrected chi connectivity index (χ3v) is 2.84. The van der Waals surface area contributed by atoms with Gasteiger partial charge in [0.05, 0.1) is 6.21 Å². The molecule has 0 spiro atoms. The van der Waals surface area contributed by atoms with Crippen LogP contribution in [0.15, 0.2) is 47.8 Å². The number of aryl methyl sites for hydroxylation is 2. The molecule has 0 aliphatic heterocycles. The summed E-state index contributed by atoms with van der Waals surface area (Å²) in [7, 11) is 0. The van der Waals surface area contributed by atoms with Crippen molar-refractivity contribution in [1.29, 1.82) is 0 Å². The molecule has 0 unspecified atom stereocenters. The summed E-state index contributed by atoms with van der Waals surface area (Å²) in [6, 6.07) is 9.49. The molecule has 0 aliphatic carbocycles. The molecule has 1 aromatic heterocycles. The number of para-hydroxylation sites is 1. The lowest BCUT2D eigenvalue weighted by Crippen LogP contribution is -2.25. The molecule has 2 rings (SSSR count). The van der Waals surface area contributed by atoms with Crippen molar-refractivity contribution in [3.05, 3.63) is 59.4 Å². The zero-order valence-corrected chi connectivity index (χ0v) is 12.0. The Morgan fingerprint density at radius 3 is 2.71 bits per heavy atom. The summed E-state index contributed by atoms with van der Waals surface area (Å²) in [5, 5.41) is 3.85. The van der Waals surface area contributed by atoms with E-state index in [1.165, 1.54) is 6.21 Å². The number of rotatable bonds is 5. The molecule has 0 radical (unpaired) electrons. The van der Waals surface area contributed by atoms with Crippen LogP contribution in [0.5, 0.6) is 5.75 Å². The molecule has 1 aromatic carbocycles. The Labute approximate surface area is 123 Å². The van der Waals surface area contributed by atoms with Crippen molar-refractivity contribution in [2.75, 3.05) is 6.61 Å². The molecular formula is C16H17N3O2. The predicted octanol–water partition coefficient (Wildman–Crippen LogP) is 2.23. The maximum Gasteiger partial charge on any atom is 0.277 e. The van der Waals surface area contributed by atoms with Crippen molar-refractivity contribution in [3.63, 3.8) is 0 Å². The lowest BCUT2D eigenvalue weighted by atomic mass is 10.1. The summed E-state index contributed by atoms with van der Waals surface area (Å²) in [5.41, 5.74) is 5.23. The van der Waals surface area contributed by atoms with Crippen molar-refractivity contribution in [1.82, 2.24) is 10.4 Å². The molecule has 1 heterocycles. The zero-order valence-electron chi connectivity index (χ0n) is 12.0. The summed E-state index contributed by atoms with van der Waals surface area (Å²) in [6.45, 7) is 3.82. The van der Waals surface area contributed by atoms with Crippen LogP contribution in [-0.4, -0.2) is 23.7 Å². The molecule has 2 aromatic rings. The van der Waals surface area contributed by atoms with Crippen LogP contribution in [0.4, 0.5) is 0 Å². The van der Waals surface area contributed by atoms with E-state index in [0.29, 0.717) is 0 Å². The average Bonchev–Trinajstić information content (AvgIpc) is 2.48. The summed E-state index contributed by atoms with van der Waals surface area (Å²) in [5.74, 6) is 0.432. The predicted molar refractivity (Wildman–Crippen MR) is 81.4 cm³/mol. The Balaban J connectivity index is 1.84. The highest BCUT2D eigenvalue weighted by molar-refractivity contribution is 5.82. The van der Waals surface area contributed by atoms with Crippen molar-refractivity contribution in [2.45, 2.75) is 13.8 Å². The second-order valence-corrected chi connectivity index (χ2v) is 4.59. The van der Waals surface area contributed by atoms with Gasteiger partial charge in [0, 0.05) is 18.0 Å². The van der Waals surface area contributed by atoms with Gasteiger partial charge in [0.2, 0.25) is 0 Å². The van der Waals surface area contributed by atoms with Crippen molar-refractivity contribution < 1.29 is 9.53 Å². The third-order valence-electron chi connectivity index (χ3n) is 2.84. The number of carbonyl (C=O) groups is 1. The standard InChI is InChI=1S/C16H17N3O2/c1-12-5-3-6-13(2)16(12)21-11-15(20)19-18-10-14-7-4-8-17-9-14/h3-10H,11H2,1-2H3,(H,19,20)/b18-10-. The molecular weight excluding hydrogens is 266 g/mol. The Morgan fingerprint density at radius 2 is 2.05 bits per heavy atom. The summed E-state index contributed by atoms with van der Waals surface area (Å²) >= 11 is 0. The van der Waals surface area contributed by atoms with Crippen LogP contribution in [0.3, 0.4) is 0 Å². The highest BCUT2D eigenvalue weighted by Gasteiger charge is 2.06. The van der Waals surface area contributed by atoms with E-state index in [1.807, 2.05) is 38.1 Å². The monoisotopic (exact) mass is 283 g/mol. The molecule has 0 fully saturated rings. The van der Waals surface area contributed by atoms with Gasteiger partial charge in [0.15, 0.2) is 6.61 Å². The molecule has 21 heavy (non-hydrogen) atoms. The quantitative estimate of drug-likeness (QED) is 0.676. The number of pyridine rings is 1. The number of nitrogens with zero attached hydrogens (tertiary/aromatic N) is 2. The van der Waals surface area contributed by atoms with Crippen molar-refractivity contribution in [2.24, 2.45) is 5.10 Å². The van der Waals surface area contributed by atoms with Crippen LogP contribution >= 0.6 is 0 Å². The lowest BCUT2D eigenvalue weighted by Gasteiger charge is -2.10. The topological polar surface area (TPSA) is 63.6 Å². The summed E-state index contributed by atoms with van der Waals surface area (Å²) in [4.78, 5) is 15.6.